The van der Waals surface area contributed by atoms with Gasteiger partial charge in [0.1, 0.15) is 5.75 Å². The van der Waals surface area contributed by atoms with E-state index in [4.69, 9.17) is 0 Å². The van der Waals surface area contributed by atoms with E-state index in [0.29, 0.717) is 23.5 Å². The predicted molar refractivity (Wildman–Crippen MR) is 98.3 cm³/mol. The van der Waals surface area contributed by atoms with Crippen LogP contribution in [0.2, 0.25) is 0 Å². The molecule has 2 N–H and O–H groups in total. The van der Waals surface area contributed by atoms with Crippen LogP contribution in [0.5, 0.6) is 5.75 Å². The second-order valence-electron chi connectivity index (χ2n) is 7.53. The summed E-state index contributed by atoms with van der Waals surface area (Å²) in [5, 5.41) is 20.1. The summed E-state index contributed by atoms with van der Waals surface area (Å²) in [5.41, 5.74) is 3.59. The number of phenols is 1. The fraction of sp³-hybridized carbons (Fsp3) is 0.455. The van der Waals surface area contributed by atoms with E-state index in [1.807, 2.05) is 18.2 Å². The van der Waals surface area contributed by atoms with Gasteiger partial charge in [-0.25, -0.2) is 0 Å². The van der Waals surface area contributed by atoms with Gasteiger partial charge >= 0.3 is 0 Å². The van der Waals surface area contributed by atoms with Crippen LogP contribution in [0.25, 0.3) is 0 Å². The number of aliphatic hydroxyl groups excluding tert-OH is 1. The van der Waals surface area contributed by atoms with Crippen LogP contribution >= 0.6 is 0 Å². The Morgan fingerprint density at radius 3 is 2.58 bits per heavy atom. The second-order valence-corrected chi connectivity index (χ2v) is 7.53. The maximum absolute atomic E-state index is 10.0. The third-order valence-corrected chi connectivity index (χ3v) is 5.49. The van der Waals surface area contributed by atoms with Gasteiger partial charge in [-0.15, -0.1) is 0 Å². The Hall–Kier alpha value is -1.80. The van der Waals surface area contributed by atoms with Gasteiger partial charge in [-0.2, -0.15) is 0 Å². The molecule has 2 aromatic rings. The highest BCUT2D eigenvalue weighted by Gasteiger charge is 2.32. The van der Waals surface area contributed by atoms with Gasteiger partial charge < -0.3 is 10.2 Å². The largest absolute Gasteiger partial charge is 0.508 e. The molecular formula is C22H28O2. The summed E-state index contributed by atoms with van der Waals surface area (Å²) < 4.78 is 0. The maximum Gasteiger partial charge on any atom is 0.119 e. The third kappa shape index (κ3) is 3.81. The van der Waals surface area contributed by atoms with Crippen LogP contribution in [-0.4, -0.2) is 16.3 Å². The van der Waals surface area contributed by atoms with Crippen LogP contribution in [0.1, 0.15) is 55.7 Å². The maximum atomic E-state index is 10.0. The molecule has 2 aromatic carbocycles. The lowest BCUT2D eigenvalue weighted by Gasteiger charge is -2.37. The third-order valence-electron chi connectivity index (χ3n) is 5.49. The van der Waals surface area contributed by atoms with Crippen molar-refractivity contribution < 1.29 is 10.2 Å². The van der Waals surface area contributed by atoms with Crippen molar-refractivity contribution >= 4 is 0 Å². The highest BCUT2D eigenvalue weighted by molar-refractivity contribution is 5.38. The van der Waals surface area contributed by atoms with E-state index in [1.54, 1.807) is 6.07 Å². The summed E-state index contributed by atoms with van der Waals surface area (Å²) >= 11 is 0. The van der Waals surface area contributed by atoms with Gasteiger partial charge in [0.2, 0.25) is 0 Å². The fourth-order valence-corrected chi connectivity index (χ4v) is 4.15. The molecule has 1 aliphatic rings. The zero-order valence-electron chi connectivity index (χ0n) is 14.7. The highest BCUT2D eigenvalue weighted by Crippen LogP contribution is 2.42. The van der Waals surface area contributed by atoms with Gasteiger partial charge in [0.15, 0.2) is 0 Å². The minimum absolute atomic E-state index is 0.141. The lowest BCUT2D eigenvalue weighted by molar-refractivity contribution is 0.0722. The second kappa shape index (κ2) is 7.40. The van der Waals surface area contributed by atoms with Gasteiger partial charge in [-0.05, 0) is 59.8 Å². The number of aliphatic hydroxyl groups is 1. The van der Waals surface area contributed by atoms with Gasteiger partial charge in [0.25, 0.3) is 0 Å². The standard InChI is InChI=1S/C22H28O2/c1-15(2)21-14-19(23)10-11-20(21)17-8-5-6-16(12-17)13-18-7-3-4-9-22(18)24/h3-9,12,15,19-21,23-24H,10-11,13-14H2,1-2H3. The lowest BCUT2D eigenvalue weighted by atomic mass is 9.69. The van der Waals surface area contributed by atoms with Crippen molar-refractivity contribution in [3.8, 4) is 5.75 Å². The molecule has 0 heterocycles. The highest BCUT2D eigenvalue weighted by atomic mass is 16.3. The molecule has 24 heavy (non-hydrogen) atoms. The van der Waals surface area contributed by atoms with Crippen molar-refractivity contribution in [3.05, 3.63) is 65.2 Å². The van der Waals surface area contributed by atoms with E-state index in [1.165, 1.54) is 11.1 Å². The van der Waals surface area contributed by atoms with Crippen LogP contribution in [0, 0.1) is 11.8 Å². The van der Waals surface area contributed by atoms with E-state index >= 15 is 0 Å². The van der Waals surface area contributed by atoms with Gasteiger partial charge in [-0.1, -0.05) is 56.3 Å². The summed E-state index contributed by atoms with van der Waals surface area (Å²) in [5.74, 6) is 2.00. The molecule has 2 nitrogen and oxygen atoms in total. The van der Waals surface area contributed by atoms with Crippen LogP contribution in [-0.2, 0) is 6.42 Å². The molecule has 1 fully saturated rings. The van der Waals surface area contributed by atoms with Crippen molar-refractivity contribution in [2.24, 2.45) is 11.8 Å². The van der Waals surface area contributed by atoms with E-state index in [9.17, 15) is 10.2 Å². The Bertz CT molecular complexity index is 677. The summed E-state index contributed by atoms with van der Waals surface area (Å²) in [6, 6.07) is 16.3. The van der Waals surface area contributed by atoms with Crippen LogP contribution in [0.15, 0.2) is 48.5 Å². The number of hydrogen-bond acceptors (Lipinski definition) is 2. The zero-order chi connectivity index (χ0) is 17.1. The molecule has 128 valence electrons. The average molecular weight is 324 g/mol. The topological polar surface area (TPSA) is 40.5 Å². The average Bonchev–Trinajstić information content (AvgIpc) is 2.57. The Morgan fingerprint density at radius 1 is 1.04 bits per heavy atom. The van der Waals surface area contributed by atoms with Crippen LogP contribution in [0.4, 0.5) is 0 Å². The smallest absolute Gasteiger partial charge is 0.119 e. The van der Waals surface area contributed by atoms with E-state index in [2.05, 4.69) is 38.1 Å². The van der Waals surface area contributed by atoms with Crippen molar-refractivity contribution in [2.45, 2.75) is 51.6 Å². The number of rotatable bonds is 4. The van der Waals surface area contributed by atoms with Crippen LogP contribution < -0.4 is 0 Å². The first-order chi connectivity index (χ1) is 11.5. The number of hydrogen-bond donors (Lipinski definition) is 2. The molecule has 0 aliphatic heterocycles. The van der Waals surface area contributed by atoms with Crippen LogP contribution in [0.3, 0.4) is 0 Å². The molecule has 0 amide bonds. The summed E-state index contributed by atoms with van der Waals surface area (Å²) in [7, 11) is 0. The molecule has 0 radical (unpaired) electrons. The minimum Gasteiger partial charge on any atom is -0.508 e. The first-order valence-corrected chi connectivity index (χ1v) is 9.08. The summed E-state index contributed by atoms with van der Waals surface area (Å²) in [6.45, 7) is 4.53. The first kappa shape index (κ1) is 17.0. The molecule has 0 saturated heterocycles. The zero-order valence-corrected chi connectivity index (χ0v) is 14.7. The Morgan fingerprint density at radius 2 is 1.83 bits per heavy atom. The lowest BCUT2D eigenvalue weighted by Crippen LogP contribution is -2.29. The number of phenolic OH excluding ortho intramolecular Hbond substituents is 1. The molecule has 3 rings (SSSR count). The van der Waals surface area contributed by atoms with E-state index in [0.717, 1.165) is 31.2 Å². The molecule has 3 atom stereocenters. The molecule has 3 unspecified atom stereocenters. The van der Waals surface area contributed by atoms with Crippen molar-refractivity contribution in [2.75, 3.05) is 0 Å². The Labute approximate surface area is 145 Å². The Kier molecular flexibility index (Phi) is 5.25. The van der Waals surface area contributed by atoms with Gasteiger partial charge in [0, 0.05) is 6.42 Å². The van der Waals surface area contributed by atoms with Crippen molar-refractivity contribution in [1.82, 2.24) is 0 Å². The number of benzene rings is 2. The minimum atomic E-state index is -0.141. The normalized spacial score (nSPS) is 24.2. The van der Waals surface area contributed by atoms with E-state index < -0.39 is 0 Å². The quantitative estimate of drug-likeness (QED) is 0.841. The molecule has 1 saturated carbocycles. The summed E-state index contributed by atoms with van der Waals surface area (Å²) in [4.78, 5) is 0. The monoisotopic (exact) mass is 324 g/mol. The molecular weight excluding hydrogens is 296 g/mol. The van der Waals surface area contributed by atoms with E-state index in [-0.39, 0.29) is 6.10 Å². The van der Waals surface area contributed by atoms with Gasteiger partial charge in [0.05, 0.1) is 6.10 Å². The van der Waals surface area contributed by atoms with Crippen molar-refractivity contribution in [3.63, 3.8) is 0 Å². The Balaban J connectivity index is 1.83. The predicted octanol–water partition coefficient (Wildman–Crippen LogP) is 4.88. The molecule has 2 heteroatoms. The molecule has 0 spiro atoms. The molecule has 1 aliphatic carbocycles. The number of para-hydroxylation sites is 1. The first-order valence-electron chi connectivity index (χ1n) is 9.08. The fourth-order valence-electron chi connectivity index (χ4n) is 4.15. The van der Waals surface area contributed by atoms with Gasteiger partial charge in [-0.3, -0.25) is 0 Å². The SMILES string of the molecule is CC(C)C1CC(O)CCC1c1cccc(Cc2ccccc2O)c1. The summed E-state index contributed by atoms with van der Waals surface area (Å²) in [6.07, 6.45) is 3.48. The molecule has 0 bridgehead atoms. The molecule has 0 aromatic heterocycles. The van der Waals surface area contributed by atoms with Crippen molar-refractivity contribution in [1.29, 1.82) is 0 Å². The number of aromatic hydroxyl groups is 1.